The van der Waals surface area contributed by atoms with Crippen molar-refractivity contribution in [2.24, 2.45) is 5.92 Å². The zero-order chi connectivity index (χ0) is 19.2. The molecule has 1 N–H and O–H groups in total. The number of nitrogens with one attached hydrogen (secondary N) is 1. The fraction of sp³-hybridized carbons (Fsp3) is 0.429. The number of carbonyl (C=O) groups excluding carboxylic acids is 1. The summed E-state index contributed by atoms with van der Waals surface area (Å²) < 4.78 is 14.1. The van der Waals surface area contributed by atoms with E-state index in [9.17, 15) is 9.18 Å². The van der Waals surface area contributed by atoms with Crippen molar-refractivity contribution in [2.75, 3.05) is 37.6 Å². The molecule has 2 heterocycles. The van der Waals surface area contributed by atoms with Crippen LogP contribution in [0.3, 0.4) is 0 Å². The van der Waals surface area contributed by atoms with Gasteiger partial charge in [0.05, 0.1) is 11.7 Å². The number of amides is 1. The lowest BCUT2D eigenvalue weighted by molar-refractivity contribution is -0.124. The second-order valence-electron chi connectivity index (χ2n) is 7.18. The third kappa shape index (κ3) is 4.83. The van der Waals surface area contributed by atoms with E-state index in [0.29, 0.717) is 12.2 Å². The van der Waals surface area contributed by atoms with Gasteiger partial charge in [0.15, 0.2) is 0 Å². The first-order chi connectivity index (χ1) is 13.1. The van der Waals surface area contributed by atoms with Crippen molar-refractivity contribution in [3.63, 3.8) is 0 Å². The highest BCUT2D eigenvalue weighted by molar-refractivity contribution is 5.77. The van der Waals surface area contributed by atoms with Gasteiger partial charge in [0.25, 0.3) is 0 Å². The van der Waals surface area contributed by atoms with Crippen LogP contribution in [0, 0.1) is 11.7 Å². The highest BCUT2D eigenvalue weighted by atomic mass is 19.1. The van der Waals surface area contributed by atoms with Crippen molar-refractivity contribution in [1.82, 2.24) is 15.2 Å². The van der Waals surface area contributed by atoms with Gasteiger partial charge < -0.3 is 10.2 Å². The maximum atomic E-state index is 14.1. The summed E-state index contributed by atoms with van der Waals surface area (Å²) in [5, 5.41) is 3.05. The van der Waals surface area contributed by atoms with Crippen LogP contribution in [0.1, 0.15) is 25.5 Å². The molecule has 144 valence electrons. The van der Waals surface area contributed by atoms with E-state index in [0.717, 1.165) is 31.7 Å². The highest BCUT2D eigenvalue weighted by Crippen LogP contribution is 2.25. The number of para-hydroxylation sites is 1. The molecule has 27 heavy (non-hydrogen) atoms. The average molecular weight is 370 g/mol. The van der Waals surface area contributed by atoms with Crippen LogP contribution in [0.5, 0.6) is 0 Å². The number of pyridine rings is 1. The van der Waals surface area contributed by atoms with E-state index in [1.54, 1.807) is 12.3 Å². The molecule has 1 saturated heterocycles. The standard InChI is InChI=1S/C21H27FN4O/c1-16(2)21(27)24-15-20(17-6-5-9-23-14-17)26-12-10-25(11-13-26)19-8-4-3-7-18(19)22/h3-9,14,16,20H,10-13,15H2,1-2H3,(H,24,27)/t20-/m1/s1. The van der Waals surface area contributed by atoms with Crippen LogP contribution >= 0.6 is 0 Å². The van der Waals surface area contributed by atoms with Crippen molar-refractivity contribution in [2.45, 2.75) is 19.9 Å². The third-order valence-electron chi connectivity index (χ3n) is 5.01. The van der Waals surface area contributed by atoms with E-state index in [1.165, 1.54) is 6.07 Å². The smallest absolute Gasteiger partial charge is 0.222 e. The monoisotopic (exact) mass is 370 g/mol. The van der Waals surface area contributed by atoms with E-state index in [2.05, 4.69) is 20.1 Å². The molecule has 3 rings (SSSR count). The largest absolute Gasteiger partial charge is 0.367 e. The van der Waals surface area contributed by atoms with Gasteiger partial charge in [0.2, 0.25) is 5.91 Å². The molecule has 0 spiro atoms. The third-order valence-corrected chi connectivity index (χ3v) is 5.01. The van der Waals surface area contributed by atoms with Gasteiger partial charge >= 0.3 is 0 Å². The molecule has 0 bridgehead atoms. The zero-order valence-electron chi connectivity index (χ0n) is 15.9. The number of benzene rings is 1. The fourth-order valence-corrected chi connectivity index (χ4v) is 3.41. The molecule has 0 saturated carbocycles. The van der Waals surface area contributed by atoms with Gasteiger partial charge in [-0.2, -0.15) is 0 Å². The molecular weight excluding hydrogens is 343 g/mol. The topological polar surface area (TPSA) is 48.5 Å². The van der Waals surface area contributed by atoms with Crippen LogP contribution in [0.4, 0.5) is 10.1 Å². The predicted molar refractivity (Wildman–Crippen MR) is 105 cm³/mol. The van der Waals surface area contributed by atoms with Crippen LogP contribution in [0.25, 0.3) is 0 Å². The van der Waals surface area contributed by atoms with Gasteiger partial charge in [-0.25, -0.2) is 4.39 Å². The molecule has 1 aliphatic heterocycles. The quantitative estimate of drug-likeness (QED) is 0.850. The summed E-state index contributed by atoms with van der Waals surface area (Å²) in [6, 6.07) is 10.9. The molecule has 6 heteroatoms. The lowest BCUT2D eigenvalue weighted by Crippen LogP contribution is -2.50. The first-order valence-corrected chi connectivity index (χ1v) is 9.47. The second kappa shape index (κ2) is 8.95. The maximum Gasteiger partial charge on any atom is 0.222 e. The summed E-state index contributed by atoms with van der Waals surface area (Å²) in [7, 11) is 0. The molecule has 0 unspecified atom stereocenters. The van der Waals surface area contributed by atoms with Crippen molar-refractivity contribution >= 4 is 11.6 Å². The molecule has 5 nitrogen and oxygen atoms in total. The average Bonchev–Trinajstić information content (AvgIpc) is 2.69. The van der Waals surface area contributed by atoms with Gasteiger partial charge in [0, 0.05) is 51.0 Å². The summed E-state index contributed by atoms with van der Waals surface area (Å²) in [4.78, 5) is 20.7. The minimum atomic E-state index is -0.182. The van der Waals surface area contributed by atoms with Crippen LogP contribution in [0.15, 0.2) is 48.8 Å². The molecule has 1 aliphatic rings. The SMILES string of the molecule is CC(C)C(=O)NC[C@H](c1cccnc1)N1CCN(c2ccccc2F)CC1. The second-order valence-corrected chi connectivity index (χ2v) is 7.18. The zero-order valence-corrected chi connectivity index (χ0v) is 15.9. The molecular formula is C21H27FN4O. The van der Waals surface area contributed by atoms with Gasteiger partial charge in [0.1, 0.15) is 5.82 Å². The molecule has 2 aromatic rings. The molecule has 0 radical (unpaired) electrons. The number of rotatable bonds is 6. The Morgan fingerprint density at radius 3 is 2.52 bits per heavy atom. The lowest BCUT2D eigenvalue weighted by Gasteiger charge is -2.40. The number of nitrogens with zero attached hydrogens (tertiary/aromatic N) is 3. The summed E-state index contributed by atoms with van der Waals surface area (Å²) in [5.41, 5.74) is 1.74. The molecule has 1 atom stereocenters. The van der Waals surface area contributed by atoms with Crippen molar-refractivity contribution < 1.29 is 9.18 Å². The van der Waals surface area contributed by atoms with E-state index in [4.69, 9.17) is 0 Å². The van der Waals surface area contributed by atoms with Crippen LogP contribution < -0.4 is 10.2 Å². The van der Waals surface area contributed by atoms with Crippen molar-refractivity contribution in [3.05, 3.63) is 60.2 Å². The molecule has 1 fully saturated rings. The van der Waals surface area contributed by atoms with Gasteiger partial charge in [-0.05, 0) is 23.8 Å². The molecule has 1 aromatic heterocycles. The van der Waals surface area contributed by atoms with Gasteiger partial charge in [-0.1, -0.05) is 32.0 Å². The Balaban J connectivity index is 1.69. The Labute approximate surface area is 160 Å². The first kappa shape index (κ1) is 19.3. The highest BCUT2D eigenvalue weighted by Gasteiger charge is 2.26. The Morgan fingerprint density at radius 1 is 1.15 bits per heavy atom. The predicted octanol–water partition coefficient (Wildman–Crippen LogP) is 2.86. The first-order valence-electron chi connectivity index (χ1n) is 9.47. The number of hydrogen-bond acceptors (Lipinski definition) is 4. The van der Waals surface area contributed by atoms with E-state index < -0.39 is 0 Å². The maximum absolute atomic E-state index is 14.1. The Kier molecular flexibility index (Phi) is 6.40. The number of piperazine rings is 1. The molecule has 1 aromatic carbocycles. The minimum absolute atomic E-state index is 0.0440. The van der Waals surface area contributed by atoms with Gasteiger partial charge in [-0.3, -0.25) is 14.7 Å². The Hall–Kier alpha value is -2.47. The van der Waals surface area contributed by atoms with Crippen LogP contribution in [-0.4, -0.2) is 48.5 Å². The summed E-state index contributed by atoms with van der Waals surface area (Å²) >= 11 is 0. The number of hydrogen-bond donors (Lipinski definition) is 1. The Morgan fingerprint density at radius 2 is 1.89 bits per heavy atom. The van der Waals surface area contributed by atoms with Crippen LogP contribution in [0.2, 0.25) is 0 Å². The number of aromatic nitrogens is 1. The summed E-state index contributed by atoms with van der Waals surface area (Å²) in [6.07, 6.45) is 3.61. The summed E-state index contributed by atoms with van der Waals surface area (Å²) in [6.45, 7) is 7.41. The number of halogens is 1. The number of carbonyl (C=O) groups is 1. The fourth-order valence-electron chi connectivity index (χ4n) is 3.41. The lowest BCUT2D eigenvalue weighted by atomic mass is 10.1. The van der Waals surface area contributed by atoms with E-state index >= 15 is 0 Å². The van der Waals surface area contributed by atoms with E-state index in [1.807, 2.05) is 44.3 Å². The molecule has 1 amide bonds. The Bertz CT molecular complexity index is 745. The van der Waals surface area contributed by atoms with Gasteiger partial charge in [-0.15, -0.1) is 0 Å². The normalized spacial score (nSPS) is 16.4. The van der Waals surface area contributed by atoms with Crippen LogP contribution in [-0.2, 0) is 4.79 Å². The minimum Gasteiger partial charge on any atom is -0.367 e. The summed E-state index contributed by atoms with van der Waals surface area (Å²) in [5.74, 6) is -0.176. The molecule has 0 aliphatic carbocycles. The number of anilines is 1. The van der Waals surface area contributed by atoms with Crippen molar-refractivity contribution in [3.8, 4) is 0 Å². The van der Waals surface area contributed by atoms with Crippen molar-refractivity contribution in [1.29, 1.82) is 0 Å². The van der Waals surface area contributed by atoms with E-state index in [-0.39, 0.29) is 23.7 Å².